The highest BCUT2D eigenvalue weighted by Gasteiger charge is 1.93. The number of carbonyl (C=O) groups excluding carboxylic acids is 1. The zero-order valence-corrected chi connectivity index (χ0v) is 9.39. The summed E-state index contributed by atoms with van der Waals surface area (Å²) in [4.78, 5) is 10.3. The molecule has 0 heterocycles. The smallest absolute Gasteiger partial charge is 0.306 e. The van der Waals surface area contributed by atoms with E-state index in [4.69, 9.17) is 4.74 Å². The largest absolute Gasteiger partial charge is 0.466 e. The molecule has 0 aromatic carbocycles. The van der Waals surface area contributed by atoms with E-state index in [9.17, 15) is 4.79 Å². The molecule has 0 bridgehead atoms. The Bertz CT molecular complexity index is 132. The van der Waals surface area contributed by atoms with E-state index in [-0.39, 0.29) is 0 Å². The number of hydrogen-bond acceptors (Lipinski definition) is 2. The van der Waals surface area contributed by atoms with Crippen molar-refractivity contribution in [2.24, 2.45) is 0 Å². The number of unbranched alkanes of at least 4 members (excludes halogenated alkanes) is 7. The van der Waals surface area contributed by atoms with Crippen LogP contribution in [0, 0.1) is 6.92 Å². The van der Waals surface area contributed by atoms with E-state index in [2.05, 4.69) is 13.8 Å². The predicted octanol–water partition coefficient (Wildman–Crippen LogP) is 3.50. The van der Waals surface area contributed by atoms with Crippen LogP contribution in [0.25, 0.3) is 0 Å². The maximum Gasteiger partial charge on any atom is 0.306 e. The van der Waals surface area contributed by atoms with Crippen LogP contribution in [-0.4, -0.2) is 12.6 Å². The highest BCUT2D eigenvalue weighted by molar-refractivity contribution is 5.73. The quantitative estimate of drug-likeness (QED) is 0.419. The first kappa shape index (κ1) is 13.5. The molecular weight excluding hydrogens is 176 g/mol. The third-order valence-electron chi connectivity index (χ3n) is 2.26. The van der Waals surface area contributed by atoms with Gasteiger partial charge in [-0.1, -0.05) is 51.9 Å². The van der Waals surface area contributed by atoms with Gasteiger partial charge in [0.15, 0.2) is 0 Å². The minimum absolute atomic E-state index is 0.409. The molecule has 0 rings (SSSR count). The zero-order valence-electron chi connectivity index (χ0n) is 9.39. The highest BCUT2D eigenvalue weighted by atomic mass is 16.5. The van der Waals surface area contributed by atoms with Gasteiger partial charge in [0, 0.05) is 0 Å². The van der Waals surface area contributed by atoms with E-state index in [0.29, 0.717) is 6.61 Å². The fourth-order valence-corrected chi connectivity index (χ4v) is 1.42. The molecule has 0 spiro atoms. The summed E-state index contributed by atoms with van der Waals surface area (Å²) in [6.45, 7) is 5.91. The Morgan fingerprint density at radius 1 is 1.00 bits per heavy atom. The second-order valence-corrected chi connectivity index (χ2v) is 3.70. The summed E-state index contributed by atoms with van der Waals surface area (Å²) in [5, 5.41) is 0. The molecule has 0 saturated carbocycles. The van der Waals surface area contributed by atoms with Crippen molar-refractivity contribution in [2.75, 3.05) is 6.61 Å². The molecule has 2 heteroatoms. The summed E-state index contributed by atoms with van der Waals surface area (Å²) in [5.74, 6) is -0.409. The van der Waals surface area contributed by atoms with E-state index in [0.717, 1.165) is 6.42 Å². The van der Waals surface area contributed by atoms with Gasteiger partial charge >= 0.3 is 5.97 Å². The SMILES string of the molecule is [CH2]C(=O)OCCCCCCCCCC. The van der Waals surface area contributed by atoms with E-state index in [1.807, 2.05) is 0 Å². The Hall–Kier alpha value is -0.530. The standard InChI is InChI=1S/C12H23O2/c1-3-4-5-6-7-8-9-10-11-14-12(2)13/h2-11H2,1H3. The van der Waals surface area contributed by atoms with Crippen molar-refractivity contribution < 1.29 is 9.53 Å². The van der Waals surface area contributed by atoms with Crippen LogP contribution in [0.3, 0.4) is 0 Å². The Morgan fingerprint density at radius 2 is 1.50 bits per heavy atom. The number of hydrogen-bond donors (Lipinski definition) is 0. The molecule has 0 aliphatic carbocycles. The van der Waals surface area contributed by atoms with E-state index in [1.165, 1.54) is 44.9 Å². The molecule has 0 aromatic heterocycles. The van der Waals surface area contributed by atoms with E-state index < -0.39 is 5.97 Å². The Kier molecular flexibility index (Phi) is 10.2. The van der Waals surface area contributed by atoms with E-state index in [1.54, 1.807) is 0 Å². The second-order valence-electron chi connectivity index (χ2n) is 3.70. The summed E-state index contributed by atoms with van der Waals surface area (Å²) < 4.78 is 4.74. The minimum Gasteiger partial charge on any atom is -0.466 e. The minimum atomic E-state index is -0.409. The van der Waals surface area contributed by atoms with Crippen LogP contribution in [0.5, 0.6) is 0 Å². The summed E-state index contributed by atoms with van der Waals surface area (Å²) in [6, 6.07) is 0. The molecular formula is C12H23O2. The summed E-state index contributed by atoms with van der Waals surface area (Å²) in [5.41, 5.74) is 0. The van der Waals surface area contributed by atoms with Crippen LogP contribution >= 0.6 is 0 Å². The van der Waals surface area contributed by atoms with Crippen LogP contribution in [0.2, 0.25) is 0 Å². The lowest BCUT2D eigenvalue weighted by Gasteiger charge is -2.02. The average Bonchev–Trinajstić information content (AvgIpc) is 2.15. The van der Waals surface area contributed by atoms with Crippen molar-refractivity contribution in [1.29, 1.82) is 0 Å². The molecule has 0 N–H and O–H groups in total. The van der Waals surface area contributed by atoms with Crippen molar-refractivity contribution in [1.82, 2.24) is 0 Å². The van der Waals surface area contributed by atoms with Gasteiger partial charge in [0.1, 0.15) is 0 Å². The number of carbonyl (C=O) groups is 1. The monoisotopic (exact) mass is 199 g/mol. The third kappa shape index (κ3) is 11.5. The molecule has 0 saturated heterocycles. The molecule has 2 nitrogen and oxygen atoms in total. The van der Waals surface area contributed by atoms with Crippen LogP contribution in [0.1, 0.15) is 58.3 Å². The maximum atomic E-state index is 10.3. The number of ether oxygens (including phenoxy) is 1. The average molecular weight is 199 g/mol. The lowest BCUT2D eigenvalue weighted by atomic mass is 10.1. The van der Waals surface area contributed by atoms with Gasteiger partial charge in [0.25, 0.3) is 0 Å². The summed E-state index contributed by atoms with van der Waals surface area (Å²) in [6.07, 6.45) is 10.1. The molecule has 1 radical (unpaired) electrons. The molecule has 0 atom stereocenters. The third-order valence-corrected chi connectivity index (χ3v) is 2.26. The molecule has 0 fully saturated rings. The Labute approximate surface area is 88.0 Å². The van der Waals surface area contributed by atoms with Crippen LogP contribution in [-0.2, 0) is 9.53 Å². The summed E-state index contributed by atoms with van der Waals surface area (Å²) >= 11 is 0. The molecule has 0 unspecified atom stereocenters. The number of esters is 1. The van der Waals surface area contributed by atoms with Gasteiger partial charge in [-0.15, -0.1) is 0 Å². The van der Waals surface area contributed by atoms with Gasteiger partial charge in [-0.25, -0.2) is 0 Å². The van der Waals surface area contributed by atoms with Crippen LogP contribution in [0.15, 0.2) is 0 Å². The van der Waals surface area contributed by atoms with Gasteiger partial charge in [-0.3, -0.25) is 4.79 Å². The highest BCUT2D eigenvalue weighted by Crippen LogP contribution is 2.08. The summed E-state index contributed by atoms with van der Waals surface area (Å²) in [7, 11) is 0. The molecule has 0 aliphatic heterocycles. The van der Waals surface area contributed by atoms with Gasteiger partial charge in [-0.2, -0.15) is 0 Å². The van der Waals surface area contributed by atoms with Crippen molar-refractivity contribution in [2.45, 2.75) is 58.3 Å². The fraction of sp³-hybridized carbons (Fsp3) is 0.833. The topological polar surface area (TPSA) is 26.3 Å². The lowest BCUT2D eigenvalue weighted by molar-refractivity contribution is -0.138. The van der Waals surface area contributed by atoms with Crippen molar-refractivity contribution in [3.8, 4) is 0 Å². The second kappa shape index (κ2) is 10.6. The van der Waals surface area contributed by atoms with Crippen molar-refractivity contribution in [3.63, 3.8) is 0 Å². The van der Waals surface area contributed by atoms with Crippen molar-refractivity contribution >= 4 is 5.97 Å². The molecule has 83 valence electrons. The first-order valence-corrected chi connectivity index (χ1v) is 5.76. The van der Waals surface area contributed by atoms with Gasteiger partial charge in [0.2, 0.25) is 0 Å². The Morgan fingerprint density at radius 3 is 2.00 bits per heavy atom. The van der Waals surface area contributed by atoms with E-state index >= 15 is 0 Å². The van der Waals surface area contributed by atoms with Gasteiger partial charge in [0.05, 0.1) is 13.5 Å². The number of rotatable bonds is 9. The van der Waals surface area contributed by atoms with Crippen LogP contribution in [0.4, 0.5) is 0 Å². The predicted molar refractivity (Wildman–Crippen MR) is 58.9 cm³/mol. The first-order valence-electron chi connectivity index (χ1n) is 5.76. The molecule has 0 aliphatic rings. The van der Waals surface area contributed by atoms with Crippen molar-refractivity contribution in [3.05, 3.63) is 6.92 Å². The fourth-order valence-electron chi connectivity index (χ4n) is 1.42. The molecule has 0 amide bonds. The van der Waals surface area contributed by atoms with Gasteiger partial charge in [-0.05, 0) is 6.42 Å². The molecule has 0 aromatic rings. The van der Waals surface area contributed by atoms with Gasteiger partial charge < -0.3 is 4.74 Å². The first-order chi connectivity index (χ1) is 6.77. The molecule has 14 heavy (non-hydrogen) atoms. The van der Waals surface area contributed by atoms with Crippen LogP contribution < -0.4 is 0 Å². The maximum absolute atomic E-state index is 10.3. The zero-order chi connectivity index (χ0) is 10.6. The normalized spacial score (nSPS) is 10.1. The lowest BCUT2D eigenvalue weighted by Crippen LogP contribution is -2.00. The Balaban J connectivity index is 2.88.